The van der Waals surface area contributed by atoms with Gasteiger partial charge in [-0.3, -0.25) is 0 Å². The Labute approximate surface area is 175 Å². The Morgan fingerprint density at radius 2 is 1.73 bits per heavy atom. The summed E-state index contributed by atoms with van der Waals surface area (Å²) < 4.78 is 49.4. The minimum Gasteiger partial charge on any atom is -0.458 e. The van der Waals surface area contributed by atoms with Gasteiger partial charge in [0.2, 0.25) is 0 Å². The van der Waals surface area contributed by atoms with Gasteiger partial charge in [0.05, 0.1) is 11.7 Å². The fourth-order valence-corrected chi connectivity index (χ4v) is 2.27. The minimum absolute atomic E-state index is 0.0351. The van der Waals surface area contributed by atoms with E-state index in [0.717, 1.165) is 12.1 Å². The first kappa shape index (κ1) is 23.1. The lowest BCUT2D eigenvalue weighted by atomic mass is 10.1. The highest BCUT2D eigenvalue weighted by atomic mass is 35.5. The average molecular weight is 442 g/mol. The number of nitrogens with zero attached hydrogens (tertiary/aromatic N) is 1. The number of halogens is 4. The Balaban J connectivity index is 2.47. The van der Waals surface area contributed by atoms with Crippen molar-refractivity contribution >= 4 is 23.4 Å². The summed E-state index contributed by atoms with van der Waals surface area (Å²) in [5, 5.41) is 0.437. The molecule has 0 spiro atoms. The van der Waals surface area contributed by atoms with Crippen molar-refractivity contribution < 1.29 is 27.4 Å². The monoisotopic (exact) mass is 441 g/mol. The number of carbonyl (C=O) groups excluding carboxylic acids is 1. The third-order valence-electron chi connectivity index (χ3n) is 3.53. The molecule has 0 bridgehead atoms. The van der Waals surface area contributed by atoms with Crippen LogP contribution in [-0.2, 0) is 15.7 Å². The summed E-state index contributed by atoms with van der Waals surface area (Å²) in [5.41, 5.74) is 10.2. The van der Waals surface area contributed by atoms with E-state index < -0.39 is 35.4 Å². The standard InChI is InChI=1S/C20H19ClF3N3O3/c1-11(2)29-19(28)16(25)18(30-15-8-6-14(21)7-9-15)27-17(26)12-4-3-5-13(10-12)20(22,23)24/h3-11H,25H2,1-2H3,(H2,26,27)/b18-16+. The summed E-state index contributed by atoms with van der Waals surface area (Å²) >= 11 is 5.83. The quantitative estimate of drug-likeness (QED) is 0.230. The summed E-state index contributed by atoms with van der Waals surface area (Å²) in [4.78, 5) is 16.1. The van der Waals surface area contributed by atoms with Gasteiger partial charge in [-0.1, -0.05) is 23.7 Å². The number of hydrogen-bond acceptors (Lipinski definition) is 5. The second-order valence-corrected chi connectivity index (χ2v) is 6.74. The molecule has 0 fully saturated rings. The largest absolute Gasteiger partial charge is 0.458 e. The van der Waals surface area contributed by atoms with Crippen LogP contribution in [0.25, 0.3) is 0 Å². The zero-order valence-electron chi connectivity index (χ0n) is 16.0. The number of esters is 1. The van der Waals surface area contributed by atoms with Crippen LogP contribution in [0.1, 0.15) is 25.0 Å². The van der Waals surface area contributed by atoms with Gasteiger partial charge in [-0.25, -0.2) is 4.79 Å². The van der Waals surface area contributed by atoms with E-state index >= 15 is 0 Å². The maximum atomic E-state index is 13.0. The number of rotatable bonds is 6. The number of hydrogen-bond donors (Lipinski definition) is 2. The second-order valence-electron chi connectivity index (χ2n) is 6.30. The van der Waals surface area contributed by atoms with Crippen molar-refractivity contribution in [3.8, 4) is 5.75 Å². The summed E-state index contributed by atoms with van der Waals surface area (Å²) in [6, 6.07) is 10.2. The number of benzene rings is 2. The Hall–Kier alpha value is -3.20. The molecule has 10 heteroatoms. The van der Waals surface area contributed by atoms with Gasteiger partial charge in [-0.15, -0.1) is 0 Å². The molecule has 0 aliphatic heterocycles. The SMILES string of the molecule is CC(C)OC(=O)/C(N)=C(/N=C(\N)c1cccc(C(F)(F)F)c1)Oc1ccc(Cl)cc1. The molecule has 4 N–H and O–H groups in total. The van der Waals surface area contributed by atoms with Gasteiger partial charge in [0, 0.05) is 10.6 Å². The fraction of sp³-hybridized carbons (Fsp3) is 0.200. The fourth-order valence-electron chi connectivity index (χ4n) is 2.15. The molecule has 2 rings (SSSR count). The summed E-state index contributed by atoms with van der Waals surface area (Å²) in [6.45, 7) is 3.23. The number of amidine groups is 1. The third-order valence-corrected chi connectivity index (χ3v) is 3.78. The molecular weight excluding hydrogens is 423 g/mol. The molecule has 0 saturated carbocycles. The number of alkyl halides is 3. The first-order chi connectivity index (χ1) is 14.0. The molecule has 30 heavy (non-hydrogen) atoms. The minimum atomic E-state index is -4.56. The van der Waals surface area contributed by atoms with Crippen molar-refractivity contribution in [3.05, 3.63) is 76.3 Å². The van der Waals surface area contributed by atoms with E-state index in [9.17, 15) is 18.0 Å². The van der Waals surface area contributed by atoms with Crippen molar-refractivity contribution in [2.24, 2.45) is 16.5 Å². The van der Waals surface area contributed by atoms with E-state index in [1.165, 1.54) is 36.4 Å². The summed E-state index contributed by atoms with van der Waals surface area (Å²) in [5.74, 6) is -1.48. The van der Waals surface area contributed by atoms with Crippen LogP contribution in [0.5, 0.6) is 5.75 Å². The second kappa shape index (κ2) is 9.53. The molecule has 0 aliphatic rings. The zero-order chi connectivity index (χ0) is 22.5. The van der Waals surface area contributed by atoms with E-state index in [-0.39, 0.29) is 17.1 Å². The lowest BCUT2D eigenvalue weighted by Crippen LogP contribution is -2.23. The number of aliphatic imine (C=N–C) groups is 1. The molecule has 0 aliphatic carbocycles. The molecule has 0 unspecified atom stereocenters. The smallest absolute Gasteiger partial charge is 0.416 e. The maximum absolute atomic E-state index is 13.0. The Morgan fingerprint density at radius 1 is 1.10 bits per heavy atom. The number of nitrogens with two attached hydrogens (primary N) is 2. The zero-order valence-corrected chi connectivity index (χ0v) is 16.8. The molecule has 0 saturated heterocycles. The van der Waals surface area contributed by atoms with Crippen LogP contribution >= 0.6 is 11.6 Å². The highest BCUT2D eigenvalue weighted by Crippen LogP contribution is 2.29. The summed E-state index contributed by atoms with van der Waals surface area (Å²) in [7, 11) is 0. The van der Waals surface area contributed by atoms with Gasteiger partial charge in [-0.2, -0.15) is 18.2 Å². The van der Waals surface area contributed by atoms with Gasteiger partial charge in [0.15, 0.2) is 5.70 Å². The van der Waals surface area contributed by atoms with E-state index in [1.807, 2.05) is 0 Å². The Kier molecular flexibility index (Phi) is 7.33. The van der Waals surface area contributed by atoms with Crippen LogP contribution in [0.3, 0.4) is 0 Å². The number of ether oxygens (including phenoxy) is 2. The topological polar surface area (TPSA) is 99.9 Å². The van der Waals surface area contributed by atoms with Crippen LogP contribution < -0.4 is 16.2 Å². The lowest BCUT2D eigenvalue weighted by molar-refractivity contribution is -0.143. The van der Waals surface area contributed by atoms with Gasteiger partial charge < -0.3 is 20.9 Å². The molecule has 0 heterocycles. The van der Waals surface area contributed by atoms with E-state index in [4.69, 9.17) is 32.5 Å². The predicted octanol–water partition coefficient (Wildman–Crippen LogP) is 4.22. The molecule has 0 atom stereocenters. The first-order valence-electron chi connectivity index (χ1n) is 8.63. The van der Waals surface area contributed by atoms with E-state index in [1.54, 1.807) is 13.8 Å². The van der Waals surface area contributed by atoms with Crippen molar-refractivity contribution in [2.75, 3.05) is 0 Å². The van der Waals surface area contributed by atoms with Crippen LogP contribution in [0.4, 0.5) is 13.2 Å². The molecule has 0 aromatic heterocycles. The summed E-state index contributed by atoms with van der Waals surface area (Å²) in [6.07, 6.45) is -5.04. The van der Waals surface area contributed by atoms with E-state index in [2.05, 4.69) is 4.99 Å². The van der Waals surface area contributed by atoms with Gasteiger partial charge >= 0.3 is 12.1 Å². The van der Waals surface area contributed by atoms with Crippen molar-refractivity contribution in [3.63, 3.8) is 0 Å². The van der Waals surface area contributed by atoms with Crippen LogP contribution in [-0.4, -0.2) is 17.9 Å². The Morgan fingerprint density at radius 3 is 2.30 bits per heavy atom. The number of carbonyl (C=O) groups is 1. The van der Waals surface area contributed by atoms with E-state index in [0.29, 0.717) is 5.02 Å². The van der Waals surface area contributed by atoms with Crippen molar-refractivity contribution in [1.29, 1.82) is 0 Å². The molecule has 2 aromatic carbocycles. The van der Waals surface area contributed by atoms with Crippen LogP contribution in [0, 0.1) is 0 Å². The molecular formula is C20H19ClF3N3O3. The van der Waals surface area contributed by atoms with Crippen molar-refractivity contribution in [2.45, 2.75) is 26.1 Å². The van der Waals surface area contributed by atoms with Crippen LogP contribution in [0.15, 0.2) is 65.1 Å². The highest BCUT2D eigenvalue weighted by molar-refractivity contribution is 6.30. The van der Waals surface area contributed by atoms with Gasteiger partial charge in [-0.05, 0) is 50.2 Å². The normalized spacial score (nSPS) is 13.1. The molecule has 2 aromatic rings. The van der Waals surface area contributed by atoms with Gasteiger partial charge in [0.1, 0.15) is 11.6 Å². The van der Waals surface area contributed by atoms with Crippen LogP contribution in [0.2, 0.25) is 5.02 Å². The third kappa shape index (κ3) is 6.41. The Bertz CT molecular complexity index is 971. The first-order valence-corrected chi connectivity index (χ1v) is 9.01. The predicted molar refractivity (Wildman–Crippen MR) is 107 cm³/mol. The maximum Gasteiger partial charge on any atom is 0.416 e. The lowest BCUT2D eigenvalue weighted by Gasteiger charge is -2.13. The molecule has 0 radical (unpaired) electrons. The van der Waals surface area contributed by atoms with Gasteiger partial charge in [0.25, 0.3) is 5.88 Å². The molecule has 6 nitrogen and oxygen atoms in total. The molecule has 0 amide bonds. The molecule has 160 valence electrons. The highest BCUT2D eigenvalue weighted by Gasteiger charge is 2.30. The average Bonchev–Trinajstić information content (AvgIpc) is 2.67. The van der Waals surface area contributed by atoms with Crippen molar-refractivity contribution in [1.82, 2.24) is 0 Å².